The van der Waals surface area contributed by atoms with E-state index in [0.29, 0.717) is 17.3 Å². The molecule has 0 fully saturated rings. The normalized spacial score (nSPS) is 20.0. The van der Waals surface area contributed by atoms with Gasteiger partial charge in [-0.2, -0.15) is 4.94 Å². The molecule has 0 spiro atoms. The monoisotopic (exact) mass is 412 g/mol. The predicted molar refractivity (Wildman–Crippen MR) is 107 cm³/mol. The van der Waals surface area contributed by atoms with Crippen LogP contribution in [-0.2, 0) is 15.0 Å². The number of sulfonamides is 1. The van der Waals surface area contributed by atoms with Crippen LogP contribution in [-0.4, -0.2) is 19.8 Å². The van der Waals surface area contributed by atoms with E-state index in [4.69, 9.17) is 15.1 Å². The van der Waals surface area contributed by atoms with Crippen LogP contribution in [0.5, 0.6) is 0 Å². The zero-order valence-electron chi connectivity index (χ0n) is 14.9. The van der Waals surface area contributed by atoms with Crippen molar-refractivity contribution in [1.82, 2.24) is 10.5 Å². The summed E-state index contributed by atoms with van der Waals surface area (Å²) < 4.78 is 33.5. The third-order valence-corrected chi connectivity index (χ3v) is 6.03. The lowest BCUT2D eigenvalue weighted by Gasteiger charge is -2.29. The van der Waals surface area contributed by atoms with E-state index in [1.54, 1.807) is 60.1 Å². The number of hydroxylamine groups is 3. The fourth-order valence-electron chi connectivity index (χ4n) is 3.18. The summed E-state index contributed by atoms with van der Waals surface area (Å²) in [5.74, 6) is 0.488. The Balaban J connectivity index is 1.36. The Hall–Kier alpha value is -3.54. The van der Waals surface area contributed by atoms with Crippen LogP contribution >= 0.6 is 0 Å². The van der Waals surface area contributed by atoms with Crippen LogP contribution < -0.4 is 20.8 Å². The zero-order chi connectivity index (χ0) is 20.0. The van der Waals surface area contributed by atoms with Gasteiger partial charge in [-0.05, 0) is 42.5 Å². The Morgan fingerprint density at radius 3 is 2.86 bits per heavy atom. The van der Waals surface area contributed by atoms with E-state index < -0.39 is 16.2 Å². The van der Waals surface area contributed by atoms with Crippen molar-refractivity contribution in [3.05, 3.63) is 77.3 Å². The summed E-state index contributed by atoms with van der Waals surface area (Å²) in [6.45, 7) is 0. The molecule has 1 aromatic heterocycles. The fraction of sp³-hybridized carbons (Fsp3) is 0.0556. The Morgan fingerprint density at radius 2 is 2.03 bits per heavy atom. The number of fused-ring (bicyclic) bond motifs is 2. The van der Waals surface area contributed by atoms with E-state index in [2.05, 4.69) is 15.2 Å². The minimum atomic E-state index is -3.82. The topological polar surface area (TPSA) is 125 Å². The van der Waals surface area contributed by atoms with Crippen LogP contribution in [0.1, 0.15) is 11.7 Å². The van der Waals surface area contributed by atoms with Crippen molar-refractivity contribution in [2.45, 2.75) is 6.17 Å². The molecule has 0 amide bonds. The quantitative estimate of drug-likeness (QED) is 0.698. The number of allylic oxidation sites excluding steroid dienone is 2. The summed E-state index contributed by atoms with van der Waals surface area (Å²) in [5.41, 5.74) is 11.1. The average molecular weight is 412 g/mol. The largest absolute Gasteiger partial charge is 0.446 e. The minimum absolute atomic E-state index is 0.0896. The van der Waals surface area contributed by atoms with E-state index >= 15 is 0 Å². The van der Waals surface area contributed by atoms with Crippen LogP contribution in [0.3, 0.4) is 0 Å². The number of aliphatic imine (C=N–C) groups is 1. The molecule has 0 bridgehead atoms. The van der Waals surface area contributed by atoms with Crippen LogP contribution in [0.4, 0.5) is 17.3 Å². The lowest BCUT2D eigenvalue weighted by molar-refractivity contribution is -0.112. The lowest BCUT2D eigenvalue weighted by Crippen LogP contribution is -2.35. The molecule has 0 saturated heterocycles. The Morgan fingerprint density at radius 1 is 1.21 bits per heavy atom. The van der Waals surface area contributed by atoms with Crippen molar-refractivity contribution in [3.63, 3.8) is 0 Å². The summed E-state index contributed by atoms with van der Waals surface area (Å²) in [4.78, 5) is 11.2. The number of nitrogens with zero attached hydrogens (tertiary/aromatic N) is 3. The van der Waals surface area contributed by atoms with Gasteiger partial charge in [0.25, 0.3) is 10.0 Å². The minimum Gasteiger partial charge on any atom is -0.446 e. The molecule has 148 valence electrons. The molecule has 10 nitrogen and oxygen atoms in total. The maximum atomic E-state index is 12.8. The summed E-state index contributed by atoms with van der Waals surface area (Å²) in [5, 5.41) is 1.33. The standard InChI is InChI=1S/C18H16N6O4S/c19-17-14-7-9-27-18(14)20-11-23(17)13-5-3-12(4-6-13)22-29(25,26)16-2-1-8-24-15(16)10-21-28-24/h1-11,17,21-22H,19H2. The fourth-order valence-corrected chi connectivity index (χ4v) is 4.42. The van der Waals surface area contributed by atoms with E-state index in [0.717, 1.165) is 11.3 Å². The van der Waals surface area contributed by atoms with Gasteiger partial charge >= 0.3 is 0 Å². The molecule has 1 aromatic carbocycles. The van der Waals surface area contributed by atoms with Crippen molar-refractivity contribution in [1.29, 1.82) is 0 Å². The molecule has 3 aliphatic rings. The molecule has 4 N–H and O–H groups in total. The van der Waals surface area contributed by atoms with Crippen LogP contribution in [0, 0.1) is 0 Å². The average Bonchev–Trinajstić information content (AvgIpc) is 3.38. The highest BCUT2D eigenvalue weighted by Gasteiger charge is 2.30. The SMILES string of the molecule is NC1c2ccoc2N=CN1c1ccc(NS(=O)(=O)C2=CC=CN3ONC=C23)cc1. The molecule has 0 radical (unpaired) electrons. The van der Waals surface area contributed by atoms with Gasteiger partial charge in [-0.1, -0.05) is 0 Å². The molecular formula is C18H16N6O4S. The lowest BCUT2D eigenvalue weighted by atomic mass is 10.2. The molecule has 2 aromatic rings. The summed E-state index contributed by atoms with van der Waals surface area (Å²) in [6, 6.07) is 8.61. The molecule has 1 unspecified atom stereocenters. The summed E-state index contributed by atoms with van der Waals surface area (Å²) in [6.07, 6.45) is 8.84. The van der Waals surface area contributed by atoms with Gasteiger partial charge in [0.05, 0.1) is 18.0 Å². The Labute approximate surface area is 166 Å². The predicted octanol–water partition coefficient (Wildman–Crippen LogP) is 2.16. The van der Waals surface area contributed by atoms with Gasteiger partial charge in [0, 0.05) is 17.6 Å². The number of furan rings is 1. The molecule has 11 heteroatoms. The molecular weight excluding hydrogens is 396 g/mol. The van der Waals surface area contributed by atoms with Crippen LogP contribution in [0.25, 0.3) is 0 Å². The van der Waals surface area contributed by atoms with E-state index in [1.807, 2.05) is 0 Å². The first-order valence-electron chi connectivity index (χ1n) is 8.62. The van der Waals surface area contributed by atoms with Crippen molar-refractivity contribution < 1.29 is 17.8 Å². The molecule has 5 rings (SSSR count). The molecule has 0 saturated carbocycles. The van der Waals surface area contributed by atoms with Gasteiger partial charge in [0.2, 0.25) is 5.88 Å². The maximum absolute atomic E-state index is 12.8. The highest BCUT2D eigenvalue weighted by molar-refractivity contribution is 7.96. The van der Waals surface area contributed by atoms with Gasteiger partial charge < -0.3 is 15.1 Å². The van der Waals surface area contributed by atoms with Crippen molar-refractivity contribution in [2.75, 3.05) is 9.62 Å². The number of hydrogen-bond acceptors (Lipinski definition) is 9. The zero-order valence-corrected chi connectivity index (χ0v) is 15.7. The molecule has 4 heterocycles. The molecule has 29 heavy (non-hydrogen) atoms. The number of rotatable bonds is 4. The van der Waals surface area contributed by atoms with Crippen LogP contribution in [0.15, 0.2) is 81.2 Å². The molecule has 3 aliphatic heterocycles. The smallest absolute Gasteiger partial charge is 0.264 e. The highest BCUT2D eigenvalue weighted by Crippen LogP contribution is 2.34. The highest BCUT2D eigenvalue weighted by atomic mass is 32.2. The van der Waals surface area contributed by atoms with Crippen molar-refractivity contribution in [2.24, 2.45) is 10.7 Å². The number of hydrogen-bond donors (Lipinski definition) is 3. The Kier molecular flexibility index (Phi) is 3.94. The summed E-state index contributed by atoms with van der Waals surface area (Å²) in [7, 11) is -3.82. The number of nitrogens with one attached hydrogen (secondary N) is 2. The first kappa shape index (κ1) is 17.6. The van der Waals surface area contributed by atoms with Crippen molar-refractivity contribution in [3.8, 4) is 0 Å². The van der Waals surface area contributed by atoms with Gasteiger partial charge in [0.15, 0.2) is 0 Å². The summed E-state index contributed by atoms with van der Waals surface area (Å²) >= 11 is 0. The van der Waals surface area contributed by atoms with Crippen molar-refractivity contribution >= 4 is 33.6 Å². The second-order valence-corrected chi connectivity index (χ2v) is 8.02. The van der Waals surface area contributed by atoms with Gasteiger partial charge in [-0.25, -0.2) is 24.0 Å². The molecule has 1 atom stereocenters. The van der Waals surface area contributed by atoms with E-state index in [9.17, 15) is 8.42 Å². The van der Waals surface area contributed by atoms with E-state index in [-0.39, 0.29) is 4.91 Å². The third kappa shape index (κ3) is 2.97. The molecule has 0 aliphatic carbocycles. The maximum Gasteiger partial charge on any atom is 0.264 e. The number of benzene rings is 1. The first-order valence-corrected chi connectivity index (χ1v) is 10.1. The van der Waals surface area contributed by atoms with Gasteiger partial charge in [-0.15, -0.1) is 0 Å². The third-order valence-electron chi connectivity index (χ3n) is 4.60. The van der Waals surface area contributed by atoms with Gasteiger partial charge in [0.1, 0.15) is 23.1 Å². The van der Waals surface area contributed by atoms with Gasteiger partial charge in [-0.3, -0.25) is 4.72 Å². The second-order valence-electron chi connectivity index (χ2n) is 6.37. The number of anilines is 2. The van der Waals surface area contributed by atoms with E-state index in [1.165, 1.54) is 17.3 Å². The first-order chi connectivity index (χ1) is 14.0. The number of nitrogens with two attached hydrogens (primary N) is 1. The van der Waals surface area contributed by atoms with Crippen LogP contribution in [0.2, 0.25) is 0 Å². The Bertz CT molecular complexity index is 1180. The second kappa shape index (κ2) is 6.51.